The number of aromatic nitrogens is 2. The van der Waals surface area contributed by atoms with Crippen LogP contribution in [0.4, 0.5) is 0 Å². The van der Waals surface area contributed by atoms with E-state index < -0.39 is 10.7 Å². The van der Waals surface area contributed by atoms with Gasteiger partial charge in [-0.2, -0.15) is 5.10 Å². The molecule has 4 aromatic rings. The van der Waals surface area contributed by atoms with Gasteiger partial charge in [-0.15, -0.1) is 0 Å². The zero-order valence-corrected chi connectivity index (χ0v) is 12.3. The Labute approximate surface area is 128 Å². The minimum atomic E-state index is -2.71. The van der Waals surface area contributed by atoms with Crippen molar-refractivity contribution < 1.29 is 8.42 Å². The fourth-order valence-corrected chi connectivity index (χ4v) is 3.36. The second-order valence-electron chi connectivity index (χ2n) is 4.97. The van der Waals surface area contributed by atoms with Crippen LogP contribution in [0.2, 0.25) is 0 Å². The molecule has 0 saturated heterocycles. The van der Waals surface area contributed by atoms with Crippen molar-refractivity contribution in [3.63, 3.8) is 0 Å². The lowest BCUT2D eigenvalue weighted by Gasteiger charge is -2.07. The molecule has 0 amide bonds. The smallest absolute Gasteiger partial charge is 0.168 e. The first-order valence-corrected chi connectivity index (χ1v) is 7.95. The summed E-state index contributed by atoms with van der Waals surface area (Å²) in [6.45, 7) is 0. The molecule has 5 heteroatoms. The molecule has 0 atom stereocenters. The van der Waals surface area contributed by atoms with Gasteiger partial charge in [-0.1, -0.05) is 48.5 Å². The SMILES string of the molecule is O=[SH](=O)c1ccc2ccccc2c1-c1n[nH]c2[c]cccc12. The predicted octanol–water partition coefficient (Wildman–Crippen LogP) is 3.15. The third-order valence-corrected chi connectivity index (χ3v) is 4.50. The van der Waals surface area contributed by atoms with Crippen molar-refractivity contribution in [2.75, 3.05) is 0 Å². The summed E-state index contributed by atoms with van der Waals surface area (Å²) in [7, 11) is -2.71. The van der Waals surface area contributed by atoms with Crippen LogP contribution in [0, 0.1) is 6.07 Å². The summed E-state index contributed by atoms with van der Waals surface area (Å²) < 4.78 is 23.4. The lowest BCUT2D eigenvalue weighted by atomic mass is 10.00. The number of para-hydroxylation sites is 1. The highest BCUT2D eigenvalue weighted by molar-refractivity contribution is 7.72. The first kappa shape index (κ1) is 13.0. The van der Waals surface area contributed by atoms with Gasteiger partial charge < -0.3 is 0 Å². The van der Waals surface area contributed by atoms with Crippen molar-refractivity contribution in [3.8, 4) is 11.3 Å². The average Bonchev–Trinajstić information content (AvgIpc) is 2.97. The van der Waals surface area contributed by atoms with E-state index in [-0.39, 0.29) is 4.90 Å². The molecule has 1 aromatic heterocycles. The maximum absolute atomic E-state index is 11.7. The van der Waals surface area contributed by atoms with E-state index in [1.165, 1.54) is 0 Å². The van der Waals surface area contributed by atoms with Gasteiger partial charge in [-0.05, 0) is 16.8 Å². The van der Waals surface area contributed by atoms with Crippen LogP contribution in [0.15, 0.2) is 59.5 Å². The molecule has 1 heterocycles. The summed E-state index contributed by atoms with van der Waals surface area (Å²) in [5.74, 6) is 0. The molecule has 1 radical (unpaired) electrons. The number of fused-ring (bicyclic) bond motifs is 2. The van der Waals surface area contributed by atoms with Gasteiger partial charge in [0.2, 0.25) is 0 Å². The molecule has 0 saturated carbocycles. The normalized spacial score (nSPS) is 11.5. The van der Waals surface area contributed by atoms with Gasteiger partial charge in [0, 0.05) is 17.0 Å². The molecular weight excluding hydrogens is 296 g/mol. The highest BCUT2D eigenvalue weighted by Gasteiger charge is 2.16. The molecule has 0 aliphatic rings. The molecule has 0 aliphatic heterocycles. The fourth-order valence-electron chi connectivity index (χ4n) is 2.75. The summed E-state index contributed by atoms with van der Waals surface area (Å²) in [6.07, 6.45) is 0. The molecule has 4 rings (SSSR count). The summed E-state index contributed by atoms with van der Waals surface area (Å²) in [5.41, 5.74) is 2.04. The molecule has 0 aliphatic carbocycles. The molecule has 22 heavy (non-hydrogen) atoms. The fraction of sp³-hybridized carbons (Fsp3) is 0. The highest BCUT2D eigenvalue weighted by Crippen LogP contribution is 2.35. The number of aromatic amines is 1. The number of benzene rings is 3. The van der Waals surface area contributed by atoms with E-state index in [2.05, 4.69) is 16.3 Å². The quantitative estimate of drug-likeness (QED) is 0.559. The van der Waals surface area contributed by atoms with E-state index in [1.807, 2.05) is 42.5 Å². The first-order chi connectivity index (χ1) is 10.8. The van der Waals surface area contributed by atoms with Crippen LogP contribution >= 0.6 is 0 Å². The Bertz CT molecular complexity index is 1070. The molecule has 3 aromatic carbocycles. The summed E-state index contributed by atoms with van der Waals surface area (Å²) >= 11 is 0. The van der Waals surface area contributed by atoms with Crippen molar-refractivity contribution in [1.82, 2.24) is 10.2 Å². The molecule has 0 spiro atoms. The highest BCUT2D eigenvalue weighted by atomic mass is 32.2. The van der Waals surface area contributed by atoms with E-state index in [4.69, 9.17) is 0 Å². The van der Waals surface area contributed by atoms with Crippen molar-refractivity contribution in [1.29, 1.82) is 0 Å². The van der Waals surface area contributed by atoms with Gasteiger partial charge in [0.05, 0.1) is 10.4 Å². The number of nitrogens with zero attached hydrogens (tertiary/aromatic N) is 1. The molecule has 0 bridgehead atoms. The predicted molar refractivity (Wildman–Crippen MR) is 86.5 cm³/mol. The van der Waals surface area contributed by atoms with Crippen molar-refractivity contribution in [2.24, 2.45) is 0 Å². The van der Waals surface area contributed by atoms with Crippen LogP contribution in [-0.4, -0.2) is 18.6 Å². The zero-order chi connectivity index (χ0) is 15.1. The second-order valence-corrected chi connectivity index (χ2v) is 5.96. The van der Waals surface area contributed by atoms with E-state index in [9.17, 15) is 8.42 Å². The van der Waals surface area contributed by atoms with Gasteiger partial charge in [0.15, 0.2) is 10.7 Å². The maximum atomic E-state index is 11.7. The van der Waals surface area contributed by atoms with Gasteiger partial charge >= 0.3 is 0 Å². The Hall–Kier alpha value is -2.66. The Morgan fingerprint density at radius 1 is 0.955 bits per heavy atom. The molecule has 1 N–H and O–H groups in total. The van der Waals surface area contributed by atoms with Crippen LogP contribution in [0.3, 0.4) is 0 Å². The van der Waals surface area contributed by atoms with Crippen molar-refractivity contribution in [2.45, 2.75) is 4.90 Å². The standard InChI is InChI=1S/C17H11N2O2S/c20-22(21)15-10-9-11-5-1-2-6-12(11)16(15)17-13-7-3-4-8-14(13)18-19-17/h1-7,9-10,22H,(H,18,19). The van der Waals surface area contributed by atoms with E-state index >= 15 is 0 Å². The van der Waals surface area contributed by atoms with E-state index in [0.717, 1.165) is 21.7 Å². The minimum absolute atomic E-state index is 0.283. The Morgan fingerprint density at radius 3 is 2.64 bits per heavy atom. The average molecular weight is 307 g/mol. The van der Waals surface area contributed by atoms with Gasteiger partial charge in [-0.3, -0.25) is 5.10 Å². The molecule has 107 valence electrons. The van der Waals surface area contributed by atoms with E-state index in [0.29, 0.717) is 11.3 Å². The van der Waals surface area contributed by atoms with E-state index in [1.54, 1.807) is 12.1 Å². The van der Waals surface area contributed by atoms with Crippen LogP contribution < -0.4 is 0 Å². The number of nitrogens with one attached hydrogen (secondary N) is 1. The van der Waals surface area contributed by atoms with Gasteiger partial charge in [-0.25, -0.2) is 8.42 Å². The summed E-state index contributed by atoms with van der Waals surface area (Å²) in [6, 6.07) is 19.8. The van der Waals surface area contributed by atoms with Crippen LogP contribution in [-0.2, 0) is 10.7 Å². The molecular formula is C17H11N2O2S. The number of H-pyrrole nitrogens is 1. The number of rotatable bonds is 2. The summed E-state index contributed by atoms with van der Waals surface area (Å²) in [5, 5.41) is 9.96. The minimum Gasteiger partial charge on any atom is -0.277 e. The maximum Gasteiger partial charge on any atom is 0.168 e. The van der Waals surface area contributed by atoms with Crippen LogP contribution in [0.25, 0.3) is 32.9 Å². The topological polar surface area (TPSA) is 62.8 Å². The lowest BCUT2D eigenvalue weighted by molar-refractivity contribution is 0.615. The second kappa shape index (κ2) is 4.96. The Morgan fingerprint density at radius 2 is 1.77 bits per heavy atom. The van der Waals surface area contributed by atoms with Gasteiger partial charge in [0.25, 0.3) is 0 Å². The first-order valence-electron chi connectivity index (χ1n) is 6.77. The van der Waals surface area contributed by atoms with Gasteiger partial charge in [0.1, 0.15) is 5.69 Å². The Kier molecular flexibility index (Phi) is 2.94. The summed E-state index contributed by atoms with van der Waals surface area (Å²) in [4.78, 5) is 0.283. The Balaban J connectivity index is 2.19. The van der Waals surface area contributed by atoms with Crippen LogP contribution in [0.5, 0.6) is 0 Å². The molecule has 4 nitrogen and oxygen atoms in total. The lowest BCUT2D eigenvalue weighted by Crippen LogP contribution is -1.91. The molecule has 0 fully saturated rings. The molecule has 0 unspecified atom stereocenters. The third-order valence-electron chi connectivity index (χ3n) is 3.73. The number of hydrogen-bond donors (Lipinski definition) is 2. The monoisotopic (exact) mass is 307 g/mol. The zero-order valence-electron chi connectivity index (χ0n) is 11.4. The van der Waals surface area contributed by atoms with Crippen LogP contribution in [0.1, 0.15) is 0 Å². The number of hydrogen-bond acceptors (Lipinski definition) is 3. The largest absolute Gasteiger partial charge is 0.277 e. The van der Waals surface area contributed by atoms with Crippen molar-refractivity contribution in [3.05, 3.63) is 60.7 Å². The number of thiol groups is 1. The third kappa shape index (κ3) is 1.90. The van der Waals surface area contributed by atoms with Crippen molar-refractivity contribution >= 4 is 32.4 Å².